The summed E-state index contributed by atoms with van der Waals surface area (Å²) in [7, 11) is 0. The predicted molar refractivity (Wildman–Crippen MR) is 83.9 cm³/mol. The van der Waals surface area contributed by atoms with E-state index in [1.807, 2.05) is 6.92 Å². The molecule has 21 heavy (non-hydrogen) atoms. The van der Waals surface area contributed by atoms with Crippen molar-refractivity contribution in [1.29, 1.82) is 0 Å². The normalized spacial score (nSPS) is 33.1. The standard InChI is InChI=1S/C17H25N3O/c1-10-7-13(18)12(9-19-10)14(21)20-15-16(2,3)11-5-6-17(15,4)8-11/h7,9,11,15H,5-6,8H2,1-4H3,(H2,18,19)(H,20,21). The Bertz CT molecular complexity index is 591. The molecule has 3 atom stereocenters. The summed E-state index contributed by atoms with van der Waals surface area (Å²) in [5.41, 5.74) is 8.16. The zero-order valence-electron chi connectivity index (χ0n) is 13.4. The molecule has 1 aromatic heterocycles. The Labute approximate surface area is 126 Å². The fourth-order valence-electron chi connectivity index (χ4n) is 4.64. The quantitative estimate of drug-likeness (QED) is 0.878. The molecule has 4 nitrogen and oxygen atoms in total. The second kappa shape index (κ2) is 4.46. The van der Waals surface area contributed by atoms with Gasteiger partial charge in [-0.15, -0.1) is 0 Å². The second-order valence-corrected chi connectivity index (χ2v) is 7.73. The first-order valence-electron chi connectivity index (χ1n) is 7.77. The number of pyridine rings is 1. The van der Waals surface area contributed by atoms with E-state index in [1.165, 1.54) is 19.3 Å². The number of hydrogen-bond acceptors (Lipinski definition) is 3. The van der Waals surface area contributed by atoms with Gasteiger partial charge in [-0.1, -0.05) is 20.8 Å². The maximum absolute atomic E-state index is 12.6. The van der Waals surface area contributed by atoms with Crippen molar-refractivity contribution in [3.05, 3.63) is 23.5 Å². The summed E-state index contributed by atoms with van der Waals surface area (Å²) >= 11 is 0. The van der Waals surface area contributed by atoms with Crippen molar-refractivity contribution in [3.63, 3.8) is 0 Å². The smallest absolute Gasteiger partial charge is 0.255 e. The maximum Gasteiger partial charge on any atom is 0.255 e. The van der Waals surface area contributed by atoms with Crippen LogP contribution in [-0.4, -0.2) is 16.9 Å². The number of fused-ring (bicyclic) bond motifs is 2. The summed E-state index contributed by atoms with van der Waals surface area (Å²) in [5.74, 6) is 0.619. The van der Waals surface area contributed by atoms with E-state index in [-0.39, 0.29) is 22.8 Å². The van der Waals surface area contributed by atoms with Crippen molar-refractivity contribution in [3.8, 4) is 0 Å². The molecular weight excluding hydrogens is 262 g/mol. The van der Waals surface area contributed by atoms with E-state index in [0.717, 1.165) is 5.69 Å². The molecule has 1 aromatic rings. The van der Waals surface area contributed by atoms with Crippen molar-refractivity contribution >= 4 is 11.6 Å². The lowest BCUT2D eigenvalue weighted by molar-refractivity contribution is 0.0738. The summed E-state index contributed by atoms with van der Waals surface area (Å²) in [6, 6.07) is 1.96. The SMILES string of the molecule is Cc1cc(N)c(C(=O)NC2C3(C)CCC(C3)C2(C)C)cn1. The van der Waals surface area contributed by atoms with Crippen molar-refractivity contribution in [2.45, 2.75) is 53.0 Å². The summed E-state index contributed by atoms with van der Waals surface area (Å²) in [6.45, 7) is 8.75. The molecule has 2 fully saturated rings. The Morgan fingerprint density at radius 1 is 1.43 bits per heavy atom. The highest BCUT2D eigenvalue weighted by Crippen LogP contribution is 2.62. The monoisotopic (exact) mass is 287 g/mol. The molecule has 4 heteroatoms. The number of aromatic nitrogens is 1. The largest absolute Gasteiger partial charge is 0.398 e. The summed E-state index contributed by atoms with van der Waals surface area (Å²) in [6.07, 6.45) is 5.28. The average Bonchev–Trinajstić information content (AvgIpc) is 2.85. The lowest BCUT2D eigenvalue weighted by atomic mass is 9.68. The van der Waals surface area contributed by atoms with E-state index >= 15 is 0 Å². The Balaban J connectivity index is 1.85. The number of rotatable bonds is 2. The number of amides is 1. The molecule has 1 heterocycles. The third-order valence-electron chi connectivity index (χ3n) is 5.86. The molecule has 1 amide bonds. The number of carbonyl (C=O) groups is 1. The minimum atomic E-state index is -0.0909. The molecule has 3 unspecified atom stereocenters. The van der Waals surface area contributed by atoms with Crippen LogP contribution >= 0.6 is 0 Å². The van der Waals surface area contributed by atoms with E-state index in [9.17, 15) is 4.79 Å². The van der Waals surface area contributed by atoms with Crippen LogP contribution in [0.1, 0.15) is 56.1 Å². The van der Waals surface area contributed by atoms with Crippen molar-refractivity contribution < 1.29 is 4.79 Å². The van der Waals surface area contributed by atoms with Crippen LogP contribution in [0.15, 0.2) is 12.3 Å². The van der Waals surface area contributed by atoms with E-state index in [4.69, 9.17) is 5.73 Å². The Hall–Kier alpha value is -1.58. The van der Waals surface area contributed by atoms with Crippen LogP contribution in [0.25, 0.3) is 0 Å². The first-order valence-corrected chi connectivity index (χ1v) is 7.77. The van der Waals surface area contributed by atoms with Gasteiger partial charge in [0.1, 0.15) is 0 Å². The van der Waals surface area contributed by atoms with Gasteiger partial charge in [0.15, 0.2) is 0 Å². The van der Waals surface area contributed by atoms with Gasteiger partial charge < -0.3 is 11.1 Å². The number of nitrogens with one attached hydrogen (secondary N) is 1. The molecule has 3 N–H and O–H groups in total. The van der Waals surface area contributed by atoms with Gasteiger partial charge in [-0.05, 0) is 49.0 Å². The van der Waals surface area contributed by atoms with Gasteiger partial charge in [-0.3, -0.25) is 9.78 Å². The molecule has 114 valence electrons. The zero-order valence-corrected chi connectivity index (χ0v) is 13.4. The maximum atomic E-state index is 12.6. The first kappa shape index (κ1) is 14.4. The second-order valence-electron chi connectivity index (χ2n) is 7.73. The molecular formula is C17H25N3O. The van der Waals surface area contributed by atoms with E-state index < -0.39 is 0 Å². The molecule has 0 radical (unpaired) electrons. The summed E-state index contributed by atoms with van der Waals surface area (Å²) < 4.78 is 0. The first-order chi connectivity index (χ1) is 9.74. The van der Waals surface area contributed by atoms with Crippen molar-refractivity contribution in [1.82, 2.24) is 10.3 Å². The summed E-state index contributed by atoms with van der Waals surface area (Å²) in [4.78, 5) is 16.8. The topological polar surface area (TPSA) is 68.0 Å². The molecule has 2 aliphatic rings. The van der Waals surface area contributed by atoms with Crippen LogP contribution in [0.2, 0.25) is 0 Å². The van der Waals surface area contributed by atoms with Crippen molar-refractivity contribution in [2.24, 2.45) is 16.7 Å². The predicted octanol–water partition coefficient (Wildman–Crippen LogP) is 2.92. The highest BCUT2D eigenvalue weighted by molar-refractivity contribution is 5.99. The van der Waals surface area contributed by atoms with Crippen molar-refractivity contribution in [2.75, 3.05) is 5.73 Å². The minimum Gasteiger partial charge on any atom is -0.398 e. The fourth-order valence-corrected chi connectivity index (χ4v) is 4.64. The van der Waals surface area contributed by atoms with Crippen LogP contribution in [0, 0.1) is 23.7 Å². The van der Waals surface area contributed by atoms with E-state index in [0.29, 0.717) is 17.2 Å². The molecule has 0 saturated heterocycles. The average molecular weight is 287 g/mol. The van der Waals surface area contributed by atoms with Crippen LogP contribution in [0.4, 0.5) is 5.69 Å². The number of hydrogen-bond donors (Lipinski definition) is 2. The summed E-state index contributed by atoms with van der Waals surface area (Å²) in [5, 5.41) is 3.26. The number of anilines is 1. The minimum absolute atomic E-state index is 0.0909. The molecule has 3 rings (SSSR count). The highest BCUT2D eigenvalue weighted by atomic mass is 16.1. The molecule has 2 bridgehead atoms. The van der Waals surface area contributed by atoms with Gasteiger partial charge in [-0.25, -0.2) is 0 Å². The number of carbonyl (C=O) groups excluding carboxylic acids is 1. The Morgan fingerprint density at radius 3 is 2.71 bits per heavy atom. The lowest BCUT2D eigenvalue weighted by Crippen LogP contribution is -2.52. The van der Waals surface area contributed by atoms with Gasteiger partial charge in [0.05, 0.1) is 5.56 Å². The van der Waals surface area contributed by atoms with Gasteiger partial charge in [0.2, 0.25) is 0 Å². The molecule has 0 aromatic carbocycles. The van der Waals surface area contributed by atoms with Crippen LogP contribution in [0.3, 0.4) is 0 Å². The van der Waals surface area contributed by atoms with Crippen LogP contribution < -0.4 is 11.1 Å². The lowest BCUT2D eigenvalue weighted by Gasteiger charge is -2.43. The zero-order chi connectivity index (χ0) is 15.4. The molecule has 2 saturated carbocycles. The molecule has 0 aliphatic heterocycles. The fraction of sp³-hybridized carbons (Fsp3) is 0.647. The molecule has 0 spiro atoms. The van der Waals surface area contributed by atoms with E-state index in [2.05, 4.69) is 31.1 Å². The highest BCUT2D eigenvalue weighted by Gasteiger charge is 2.59. The number of nitrogen functional groups attached to an aromatic ring is 1. The third-order valence-corrected chi connectivity index (χ3v) is 5.86. The van der Waals surface area contributed by atoms with Gasteiger partial charge >= 0.3 is 0 Å². The Kier molecular flexibility index (Phi) is 3.05. The number of nitrogens with two attached hydrogens (primary N) is 1. The van der Waals surface area contributed by atoms with Crippen LogP contribution in [-0.2, 0) is 0 Å². The van der Waals surface area contributed by atoms with Gasteiger partial charge in [0.25, 0.3) is 5.91 Å². The Morgan fingerprint density at radius 2 is 2.14 bits per heavy atom. The van der Waals surface area contributed by atoms with Crippen LogP contribution in [0.5, 0.6) is 0 Å². The number of nitrogens with zero attached hydrogens (tertiary/aromatic N) is 1. The van der Waals surface area contributed by atoms with Gasteiger partial charge in [0, 0.05) is 23.6 Å². The van der Waals surface area contributed by atoms with E-state index in [1.54, 1.807) is 12.3 Å². The van der Waals surface area contributed by atoms with Gasteiger partial charge in [-0.2, -0.15) is 0 Å². The third kappa shape index (κ3) is 2.12. The molecule has 2 aliphatic carbocycles. The number of aryl methyl sites for hydroxylation is 1.